The van der Waals surface area contributed by atoms with Gasteiger partial charge in [-0.15, -0.1) is 0 Å². The molecule has 1 rings (SSSR count). The van der Waals surface area contributed by atoms with Crippen molar-refractivity contribution < 1.29 is 24.3 Å². The number of para-hydroxylation sites is 1. The molecule has 0 spiro atoms. The summed E-state index contributed by atoms with van der Waals surface area (Å²) in [7, 11) is 0. The highest BCUT2D eigenvalue weighted by Gasteiger charge is 2.28. The zero-order valence-corrected chi connectivity index (χ0v) is 9.85. The van der Waals surface area contributed by atoms with E-state index < -0.39 is 24.2 Å². The summed E-state index contributed by atoms with van der Waals surface area (Å²) in [6.45, 7) is 0. The van der Waals surface area contributed by atoms with Gasteiger partial charge in [0.15, 0.2) is 5.78 Å². The smallest absolute Gasteiger partial charge is 0.327 e. The van der Waals surface area contributed by atoms with Gasteiger partial charge in [-0.3, -0.25) is 19.3 Å². The van der Waals surface area contributed by atoms with E-state index in [-0.39, 0.29) is 24.1 Å². The Morgan fingerprint density at radius 3 is 2.32 bits per heavy atom. The molecule has 0 saturated heterocycles. The average molecular weight is 264 g/mol. The molecule has 2 amide bonds. The van der Waals surface area contributed by atoms with E-state index in [1.165, 1.54) is 12.1 Å². The predicted octanol–water partition coefficient (Wildman–Crippen LogP) is -0.0904. The number of nitrogens with zero attached hydrogens (tertiary/aromatic N) is 1. The molecule has 0 fully saturated rings. The number of amides is 2. The number of benzene rings is 1. The Balaban J connectivity index is 2.95. The van der Waals surface area contributed by atoms with E-state index in [4.69, 9.17) is 10.8 Å². The summed E-state index contributed by atoms with van der Waals surface area (Å²) in [6, 6.07) is 4.62. The maximum atomic E-state index is 11.9. The second kappa shape index (κ2) is 6.29. The van der Waals surface area contributed by atoms with Crippen molar-refractivity contribution in [3.8, 4) is 0 Å². The van der Waals surface area contributed by atoms with Crippen LogP contribution in [0, 0.1) is 0 Å². The molecule has 0 saturated carbocycles. The third-order valence-electron chi connectivity index (χ3n) is 2.53. The highest BCUT2D eigenvalue weighted by Crippen LogP contribution is 2.15. The number of ketones is 1. The van der Waals surface area contributed by atoms with E-state index >= 15 is 0 Å². The predicted molar refractivity (Wildman–Crippen MR) is 65.2 cm³/mol. The van der Waals surface area contributed by atoms with Crippen LogP contribution in [0.5, 0.6) is 0 Å². The Morgan fingerprint density at radius 1 is 1.26 bits per heavy atom. The highest BCUT2D eigenvalue weighted by atomic mass is 16.4. The molecule has 0 aromatic heterocycles. The van der Waals surface area contributed by atoms with Gasteiger partial charge in [0.05, 0.1) is 0 Å². The van der Waals surface area contributed by atoms with Crippen molar-refractivity contribution in [3.05, 3.63) is 29.8 Å². The summed E-state index contributed by atoms with van der Waals surface area (Å²) >= 11 is 0. The molecule has 7 heteroatoms. The fourth-order valence-electron chi connectivity index (χ4n) is 1.53. The number of aliphatic carboxylic acids is 1. The van der Waals surface area contributed by atoms with Crippen LogP contribution in [0.1, 0.15) is 16.8 Å². The van der Waals surface area contributed by atoms with Gasteiger partial charge in [-0.2, -0.15) is 0 Å². The number of anilines is 1. The molecule has 19 heavy (non-hydrogen) atoms. The lowest BCUT2D eigenvalue weighted by atomic mass is 10.0. The van der Waals surface area contributed by atoms with Crippen molar-refractivity contribution in [3.63, 3.8) is 0 Å². The van der Waals surface area contributed by atoms with Gasteiger partial charge in [0.2, 0.25) is 12.8 Å². The zero-order chi connectivity index (χ0) is 14.4. The van der Waals surface area contributed by atoms with E-state index in [2.05, 4.69) is 0 Å². The Labute approximate surface area is 108 Å². The number of carbonyl (C=O) groups excluding carboxylic acids is 3. The number of carbonyl (C=O) groups is 4. The van der Waals surface area contributed by atoms with Crippen LogP contribution in [-0.2, 0) is 14.4 Å². The first kappa shape index (κ1) is 14.4. The molecule has 3 N–H and O–H groups in total. The van der Waals surface area contributed by atoms with E-state index in [0.29, 0.717) is 4.90 Å². The first-order valence-electron chi connectivity index (χ1n) is 5.29. The number of nitrogens with two attached hydrogens (primary N) is 1. The standard InChI is InChI=1S/C12H12N2O5/c13-9-4-2-1-3-8(9)11(17)5-10(12(18)19)14(6-15)7-16/h1-4,6-7,10H,5,13H2,(H,18,19). The van der Waals surface area contributed by atoms with Crippen LogP contribution >= 0.6 is 0 Å². The number of rotatable bonds is 7. The van der Waals surface area contributed by atoms with Crippen LogP contribution in [-0.4, -0.2) is 40.6 Å². The normalized spacial score (nSPS) is 11.4. The fraction of sp³-hybridized carbons (Fsp3) is 0.167. The molecule has 1 aromatic rings. The van der Waals surface area contributed by atoms with Crippen LogP contribution < -0.4 is 5.73 Å². The summed E-state index contributed by atoms with van der Waals surface area (Å²) in [5, 5.41) is 8.93. The molecule has 0 aliphatic rings. The van der Waals surface area contributed by atoms with Crippen molar-refractivity contribution in [2.24, 2.45) is 0 Å². The first-order chi connectivity index (χ1) is 9.01. The van der Waals surface area contributed by atoms with Gasteiger partial charge in [-0.25, -0.2) is 4.79 Å². The lowest BCUT2D eigenvalue weighted by Crippen LogP contribution is -2.41. The van der Waals surface area contributed by atoms with E-state index in [1.807, 2.05) is 0 Å². The van der Waals surface area contributed by atoms with Crippen molar-refractivity contribution in [2.75, 3.05) is 5.73 Å². The third kappa shape index (κ3) is 3.38. The highest BCUT2D eigenvalue weighted by molar-refractivity contribution is 6.03. The van der Waals surface area contributed by atoms with Crippen molar-refractivity contribution in [2.45, 2.75) is 12.5 Å². The summed E-state index contributed by atoms with van der Waals surface area (Å²) in [5.74, 6) is -2.00. The van der Waals surface area contributed by atoms with Gasteiger partial charge in [0.25, 0.3) is 0 Å². The Hall–Kier alpha value is -2.70. The Kier molecular flexibility index (Phi) is 4.76. The number of carboxylic acid groups (broad SMARTS) is 1. The van der Waals surface area contributed by atoms with Crippen LogP contribution in [0.15, 0.2) is 24.3 Å². The number of imide groups is 1. The molecular weight excluding hydrogens is 252 g/mol. The maximum Gasteiger partial charge on any atom is 0.327 e. The zero-order valence-electron chi connectivity index (χ0n) is 9.85. The molecule has 0 aliphatic carbocycles. The van der Waals surface area contributed by atoms with E-state index in [1.54, 1.807) is 12.1 Å². The SMILES string of the molecule is Nc1ccccc1C(=O)CC(C(=O)O)N(C=O)C=O. The first-order valence-corrected chi connectivity index (χ1v) is 5.29. The van der Waals surface area contributed by atoms with Crippen LogP contribution in [0.4, 0.5) is 5.69 Å². The van der Waals surface area contributed by atoms with Gasteiger partial charge in [-0.05, 0) is 12.1 Å². The second-order valence-electron chi connectivity index (χ2n) is 3.73. The minimum atomic E-state index is -1.54. The topological polar surface area (TPSA) is 118 Å². The summed E-state index contributed by atoms with van der Waals surface area (Å²) in [5.41, 5.74) is 5.96. The summed E-state index contributed by atoms with van der Waals surface area (Å²) in [6.07, 6.45) is -0.401. The lowest BCUT2D eigenvalue weighted by molar-refractivity contribution is -0.149. The minimum absolute atomic E-state index is 0.0629. The number of nitrogen functional groups attached to an aromatic ring is 1. The van der Waals surface area contributed by atoms with Crippen molar-refractivity contribution in [1.29, 1.82) is 0 Å². The molecule has 0 heterocycles. The van der Waals surface area contributed by atoms with Gasteiger partial charge in [0, 0.05) is 17.7 Å². The lowest BCUT2D eigenvalue weighted by Gasteiger charge is -2.18. The van der Waals surface area contributed by atoms with Gasteiger partial charge >= 0.3 is 5.97 Å². The van der Waals surface area contributed by atoms with Gasteiger partial charge in [-0.1, -0.05) is 12.1 Å². The monoisotopic (exact) mass is 264 g/mol. The number of Topliss-reactive ketones (excluding diaryl/α,β-unsaturated/α-hetero) is 1. The van der Waals surface area contributed by atoms with Crippen LogP contribution in [0.3, 0.4) is 0 Å². The quantitative estimate of drug-likeness (QED) is 0.403. The minimum Gasteiger partial charge on any atom is -0.480 e. The molecule has 0 bridgehead atoms. The molecule has 0 radical (unpaired) electrons. The third-order valence-corrected chi connectivity index (χ3v) is 2.53. The molecule has 7 nitrogen and oxygen atoms in total. The largest absolute Gasteiger partial charge is 0.480 e. The van der Waals surface area contributed by atoms with Crippen LogP contribution in [0.25, 0.3) is 0 Å². The number of carboxylic acids is 1. The molecule has 1 unspecified atom stereocenters. The van der Waals surface area contributed by atoms with Crippen molar-refractivity contribution >= 4 is 30.3 Å². The maximum absolute atomic E-state index is 11.9. The van der Waals surface area contributed by atoms with Crippen LogP contribution in [0.2, 0.25) is 0 Å². The summed E-state index contributed by atoms with van der Waals surface area (Å²) in [4.78, 5) is 44.4. The molecule has 0 aliphatic heterocycles. The molecule has 1 aromatic carbocycles. The molecule has 100 valence electrons. The fourth-order valence-corrected chi connectivity index (χ4v) is 1.53. The van der Waals surface area contributed by atoms with E-state index in [9.17, 15) is 19.2 Å². The molecular formula is C12H12N2O5. The Bertz CT molecular complexity index is 507. The van der Waals surface area contributed by atoms with Gasteiger partial charge in [0.1, 0.15) is 6.04 Å². The van der Waals surface area contributed by atoms with Crippen molar-refractivity contribution in [1.82, 2.24) is 4.90 Å². The molecule has 1 atom stereocenters. The van der Waals surface area contributed by atoms with E-state index in [0.717, 1.165) is 0 Å². The number of hydrogen-bond donors (Lipinski definition) is 2. The Morgan fingerprint density at radius 2 is 1.84 bits per heavy atom. The summed E-state index contributed by atoms with van der Waals surface area (Å²) < 4.78 is 0. The second-order valence-corrected chi connectivity index (χ2v) is 3.73. The van der Waals surface area contributed by atoms with Gasteiger partial charge < -0.3 is 10.8 Å². The average Bonchev–Trinajstić information content (AvgIpc) is 2.39. The number of hydrogen-bond acceptors (Lipinski definition) is 5.